The molecule has 0 aliphatic heterocycles. The van der Waals surface area contributed by atoms with Crippen LogP contribution >= 0.6 is 0 Å². The first-order valence-corrected chi connectivity index (χ1v) is 9.18. The molecule has 0 radical (unpaired) electrons. The number of nitrogens with zero attached hydrogens (tertiary/aromatic N) is 1. The van der Waals surface area contributed by atoms with Crippen LogP contribution in [0, 0.1) is 0 Å². The van der Waals surface area contributed by atoms with Gasteiger partial charge in [0.25, 0.3) is 0 Å². The summed E-state index contributed by atoms with van der Waals surface area (Å²) in [6.45, 7) is 4.67. The van der Waals surface area contributed by atoms with Gasteiger partial charge in [-0.2, -0.15) is 0 Å². The van der Waals surface area contributed by atoms with Crippen molar-refractivity contribution >= 4 is 12.0 Å². The van der Waals surface area contributed by atoms with E-state index in [2.05, 4.69) is 10.6 Å². The van der Waals surface area contributed by atoms with Crippen LogP contribution in [-0.4, -0.2) is 58.3 Å². The average Bonchev–Trinajstić information content (AvgIpc) is 2.55. The van der Waals surface area contributed by atoms with Crippen molar-refractivity contribution in [3.63, 3.8) is 0 Å². The highest BCUT2D eigenvalue weighted by atomic mass is 16.4. The maximum atomic E-state index is 12.1. The summed E-state index contributed by atoms with van der Waals surface area (Å²) in [5, 5.41) is 24.1. The standard InChI is InChI=1S/C19H29N3O4/c1-3-22(12-18(24)25)16-10-15(11-16)21-19(26)20-13(2)4-5-14-6-8-17(23)9-7-14/h6-9,13,15-16,23H,3-5,10-12H2,1-2H3,(H,24,25)(H2,20,21,26). The van der Waals surface area contributed by atoms with Crippen LogP contribution in [0.3, 0.4) is 0 Å². The zero-order valence-electron chi connectivity index (χ0n) is 15.4. The van der Waals surface area contributed by atoms with Gasteiger partial charge < -0.3 is 20.8 Å². The molecule has 0 heterocycles. The topological polar surface area (TPSA) is 102 Å². The van der Waals surface area contributed by atoms with Crippen molar-refractivity contribution in [2.75, 3.05) is 13.1 Å². The Morgan fingerprint density at radius 1 is 1.27 bits per heavy atom. The molecule has 1 aliphatic carbocycles. The van der Waals surface area contributed by atoms with Gasteiger partial charge in [-0.1, -0.05) is 19.1 Å². The fourth-order valence-electron chi connectivity index (χ4n) is 3.25. The molecule has 7 heteroatoms. The first kappa shape index (κ1) is 20.0. The van der Waals surface area contributed by atoms with Gasteiger partial charge in [-0.05, 0) is 56.8 Å². The second-order valence-corrected chi connectivity index (χ2v) is 7.00. The van der Waals surface area contributed by atoms with E-state index in [1.807, 2.05) is 30.9 Å². The number of amides is 2. The van der Waals surface area contributed by atoms with E-state index in [1.165, 1.54) is 0 Å². The number of benzene rings is 1. The largest absolute Gasteiger partial charge is 0.508 e. The Labute approximate surface area is 154 Å². The van der Waals surface area contributed by atoms with E-state index < -0.39 is 5.97 Å². The lowest BCUT2D eigenvalue weighted by molar-refractivity contribution is -0.139. The van der Waals surface area contributed by atoms with Crippen LogP contribution in [0.2, 0.25) is 0 Å². The van der Waals surface area contributed by atoms with Crippen molar-refractivity contribution in [3.05, 3.63) is 29.8 Å². The lowest BCUT2D eigenvalue weighted by atomic mass is 9.85. The van der Waals surface area contributed by atoms with Gasteiger partial charge in [0.1, 0.15) is 5.75 Å². The fraction of sp³-hybridized carbons (Fsp3) is 0.579. The number of carbonyl (C=O) groups excluding carboxylic acids is 1. The molecule has 1 unspecified atom stereocenters. The maximum absolute atomic E-state index is 12.1. The van der Waals surface area contributed by atoms with Gasteiger partial charge in [0.05, 0.1) is 6.54 Å². The van der Waals surface area contributed by atoms with E-state index in [4.69, 9.17) is 5.11 Å². The molecule has 7 nitrogen and oxygen atoms in total. The van der Waals surface area contributed by atoms with Gasteiger partial charge in [0.2, 0.25) is 0 Å². The third-order valence-corrected chi connectivity index (χ3v) is 4.89. The fourth-order valence-corrected chi connectivity index (χ4v) is 3.25. The summed E-state index contributed by atoms with van der Waals surface area (Å²) in [5.41, 5.74) is 1.12. The summed E-state index contributed by atoms with van der Waals surface area (Å²) in [5.74, 6) is -0.563. The number of urea groups is 1. The molecule has 1 atom stereocenters. The molecule has 1 aromatic rings. The Hall–Kier alpha value is -2.28. The van der Waals surface area contributed by atoms with E-state index in [9.17, 15) is 14.7 Å². The van der Waals surface area contributed by atoms with Gasteiger partial charge in [-0.25, -0.2) is 4.79 Å². The van der Waals surface area contributed by atoms with Crippen LogP contribution in [0.15, 0.2) is 24.3 Å². The third-order valence-electron chi connectivity index (χ3n) is 4.89. The summed E-state index contributed by atoms with van der Waals surface area (Å²) in [7, 11) is 0. The number of hydrogen-bond acceptors (Lipinski definition) is 4. The second kappa shape index (κ2) is 9.43. The zero-order valence-corrected chi connectivity index (χ0v) is 15.4. The van der Waals surface area contributed by atoms with Crippen molar-refractivity contribution in [1.82, 2.24) is 15.5 Å². The van der Waals surface area contributed by atoms with Crippen LogP contribution in [0.1, 0.15) is 38.7 Å². The molecule has 4 N–H and O–H groups in total. The van der Waals surface area contributed by atoms with Gasteiger partial charge in [-0.3, -0.25) is 9.69 Å². The van der Waals surface area contributed by atoms with Crippen LogP contribution in [-0.2, 0) is 11.2 Å². The summed E-state index contributed by atoms with van der Waals surface area (Å²) >= 11 is 0. The molecule has 1 aromatic carbocycles. The Kier molecular flexibility index (Phi) is 7.26. The summed E-state index contributed by atoms with van der Waals surface area (Å²) in [6.07, 6.45) is 3.22. The molecule has 144 valence electrons. The Morgan fingerprint density at radius 2 is 1.92 bits per heavy atom. The Balaban J connectivity index is 1.64. The molecule has 0 spiro atoms. The first-order valence-electron chi connectivity index (χ1n) is 9.18. The quantitative estimate of drug-likeness (QED) is 0.537. The minimum Gasteiger partial charge on any atom is -0.508 e. The predicted octanol–water partition coefficient (Wildman–Crippen LogP) is 1.95. The minimum absolute atomic E-state index is 0.0406. The minimum atomic E-state index is -0.816. The molecule has 1 aliphatic rings. The second-order valence-electron chi connectivity index (χ2n) is 7.00. The smallest absolute Gasteiger partial charge is 0.317 e. The molecule has 0 bridgehead atoms. The Morgan fingerprint density at radius 3 is 2.50 bits per heavy atom. The summed E-state index contributed by atoms with van der Waals surface area (Å²) in [6, 6.07) is 7.29. The Bertz CT molecular complexity index is 599. The molecule has 1 fully saturated rings. The number of carbonyl (C=O) groups is 2. The first-order chi connectivity index (χ1) is 12.4. The number of likely N-dealkylation sites (N-methyl/N-ethyl adjacent to an activating group) is 1. The maximum Gasteiger partial charge on any atom is 0.317 e. The highest BCUT2D eigenvalue weighted by molar-refractivity contribution is 5.74. The van der Waals surface area contributed by atoms with E-state index in [0.29, 0.717) is 6.54 Å². The molecule has 1 saturated carbocycles. The highest BCUT2D eigenvalue weighted by Gasteiger charge is 2.34. The number of hydrogen-bond donors (Lipinski definition) is 4. The van der Waals surface area contributed by atoms with Gasteiger partial charge >= 0.3 is 12.0 Å². The van der Waals surface area contributed by atoms with Crippen molar-refractivity contribution in [1.29, 1.82) is 0 Å². The molecule has 0 saturated heterocycles. The van der Waals surface area contributed by atoms with Crippen LogP contribution < -0.4 is 10.6 Å². The van der Waals surface area contributed by atoms with Crippen LogP contribution in [0.25, 0.3) is 0 Å². The van der Waals surface area contributed by atoms with Gasteiger partial charge in [-0.15, -0.1) is 0 Å². The molecular formula is C19H29N3O4. The number of aryl methyl sites for hydroxylation is 1. The van der Waals surface area contributed by atoms with Crippen molar-refractivity contribution in [2.45, 2.75) is 57.7 Å². The van der Waals surface area contributed by atoms with E-state index in [1.54, 1.807) is 12.1 Å². The van der Waals surface area contributed by atoms with Crippen LogP contribution in [0.5, 0.6) is 5.75 Å². The van der Waals surface area contributed by atoms with Crippen molar-refractivity contribution < 1.29 is 19.8 Å². The van der Waals surface area contributed by atoms with Crippen LogP contribution in [0.4, 0.5) is 4.79 Å². The summed E-state index contributed by atoms with van der Waals surface area (Å²) < 4.78 is 0. The normalized spacial score (nSPS) is 20.3. The predicted molar refractivity (Wildman–Crippen MR) is 99.3 cm³/mol. The molecule has 26 heavy (non-hydrogen) atoms. The molecule has 2 amide bonds. The number of nitrogens with one attached hydrogen (secondary N) is 2. The molecule has 0 aromatic heterocycles. The zero-order chi connectivity index (χ0) is 19.1. The van der Waals surface area contributed by atoms with E-state index in [-0.39, 0.29) is 36.5 Å². The number of carboxylic acid groups (broad SMARTS) is 1. The number of rotatable bonds is 9. The number of aromatic hydroxyl groups is 1. The van der Waals surface area contributed by atoms with E-state index >= 15 is 0 Å². The lowest BCUT2D eigenvalue weighted by Crippen LogP contribution is -2.57. The number of phenolic OH excluding ortho intramolecular Hbond substituents is 1. The number of phenols is 1. The molecular weight excluding hydrogens is 334 g/mol. The molecule has 2 rings (SSSR count). The third kappa shape index (κ3) is 6.22. The average molecular weight is 363 g/mol. The number of aliphatic carboxylic acids is 1. The lowest BCUT2D eigenvalue weighted by Gasteiger charge is -2.42. The van der Waals surface area contributed by atoms with Gasteiger partial charge in [0.15, 0.2) is 0 Å². The summed E-state index contributed by atoms with van der Waals surface area (Å²) in [4.78, 5) is 24.8. The van der Waals surface area contributed by atoms with Gasteiger partial charge in [0, 0.05) is 18.1 Å². The number of carboxylic acids is 1. The van der Waals surface area contributed by atoms with Crippen molar-refractivity contribution in [3.8, 4) is 5.75 Å². The highest BCUT2D eigenvalue weighted by Crippen LogP contribution is 2.25. The van der Waals surface area contributed by atoms with E-state index in [0.717, 1.165) is 31.2 Å². The van der Waals surface area contributed by atoms with Crippen molar-refractivity contribution in [2.24, 2.45) is 0 Å². The monoisotopic (exact) mass is 363 g/mol. The SMILES string of the molecule is CCN(CC(=O)O)C1CC(NC(=O)NC(C)CCc2ccc(O)cc2)C1.